The van der Waals surface area contributed by atoms with E-state index in [2.05, 4.69) is 20.6 Å². The van der Waals surface area contributed by atoms with Gasteiger partial charge in [-0.05, 0) is 81.9 Å². The van der Waals surface area contributed by atoms with Crippen LogP contribution in [0, 0.1) is 11.7 Å². The molecular weight excluding hydrogens is 471 g/mol. The van der Waals surface area contributed by atoms with Crippen LogP contribution in [0.15, 0.2) is 36.5 Å². The molecule has 0 radical (unpaired) electrons. The number of hydrogen-bond donors (Lipinski definition) is 2. The Kier molecular flexibility index (Phi) is 11.7. The number of nitrogens with zero attached hydrogens (tertiary/aromatic N) is 4. The Hall–Kier alpha value is -3.07. The van der Waals surface area contributed by atoms with E-state index in [4.69, 9.17) is 0 Å². The van der Waals surface area contributed by atoms with E-state index in [0.29, 0.717) is 43.5 Å². The minimum Gasteiger partial charge on any atom is -0.357 e. The smallest absolute Gasteiger partial charge is 0.253 e. The van der Waals surface area contributed by atoms with Gasteiger partial charge in [0.25, 0.3) is 5.91 Å². The van der Waals surface area contributed by atoms with Gasteiger partial charge in [-0.15, -0.1) is 0 Å². The van der Waals surface area contributed by atoms with Crippen molar-refractivity contribution in [1.29, 1.82) is 0 Å². The zero-order chi connectivity index (χ0) is 26.5. The third-order valence-corrected chi connectivity index (χ3v) is 6.91. The van der Waals surface area contributed by atoms with Gasteiger partial charge >= 0.3 is 0 Å². The van der Waals surface area contributed by atoms with Gasteiger partial charge in [-0.3, -0.25) is 9.59 Å². The normalized spacial score (nSPS) is 13.8. The Labute approximate surface area is 220 Å². The molecular formula is C28H41FN6O2. The van der Waals surface area contributed by atoms with Gasteiger partial charge in [0.05, 0.1) is 12.2 Å². The lowest BCUT2D eigenvalue weighted by Crippen LogP contribution is -2.39. The molecule has 1 saturated heterocycles. The van der Waals surface area contributed by atoms with Crippen LogP contribution in [0.1, 0.15) is 67.9 Å². The largest absolute Gasteiger partial charge is 0.357 e. The van der Waals surface area contributed by atoms with E-state index in [1.54, 1.807) is 18.1 Å². The summed E-state index contributed by atoms with van der Waals surface area (Å²) in [6, 6.07) is 7.56. The highest BCUT2D eigenvalue weighted by molar-refractivity contribution is 5.94. The summed E-state index contributed by atoms with van der Waals surface area (Å²) >= 11 is 0. The highest BCUT2D eigenvalue weighted by Crippen LogP contribution is 2.17. The third-order valence-electron chi connectivity index (χ3n) is 6.91. The Morgan fingerprint density at radius 1 is 1.05 bits per heavy atom. The first-order valence-corrected chi connectivity index (χ1v) is 13.5. The molecule has 8 nitrogen and oxygen atoms in total. The van der Waals surface area contributed by atoms with E-state index in [1.807, 2.05) is 17.9 Å². The van der Waals surface area contributed by atoms with Crippen molar-refractivity contribution < 1.29 is 14.0 Å². The van der Waals surface area contributed by atoms with Crippen LogP contribution in [0.4, 0.5) is 10.3 Å². The van der Waals surface area contributed by atoms with Gasteiger partial charge < -0.3 is 20.4 Å². The summed E-state index contributed by atoms with van der Waals surface area (Å²) in [5, 5.41) is 6.36. The van der Waals surface area contributed by atoms with E-state index in [-0.39, 0.29) is 17.6 Å². The van der Waals surface area contributed by atoms with Gasteiger partial charge in [-0.2, -0.15) is 0 Å². The van der Waals surface area contributed by atoms with Crippen LogP contribution in [0.25, 0.3) is 0 Å². The molecule has 0 saturated carbocycles. The van der Waals surface area contributed by atoms with E-state index >= 15 is 0 Å². The van der Waals surface area contributed by atoms with Crippen molar-refractivity contribution in [2.24, 2.45) is 5.92 Å². The van der Waals surface area contributed by atoms with Gasteiger partial charge in [0, 0.05) is 44.9 Å². The molecule has 0 atom stereocenters. The molecule has 0 bridgehead atoms. The Balaban J connectivity index is 1.44. The van der Waals surface area contributed by atoms with Crippen LogP contribution in [-0.2, 0) is 11.3 Å². The van der Waals surface area contributed by atoms with Gasteiger partial charge in [-0.1, -0.05) is 12.8 Å². The number of amides is 2. The molecule has 1 aromatic heterocycles. The maximum atomic E-state index is 13.2. The summed E-state index contributed by atoms with van der Waals surface area (Å²) in [6.45, 7) is 6.48. The second kappa shape index (κ2) is 15.2. The molecule has 0 aliphatic carbocycles. The number of aromatic nitrogens is 2. The fourth-order valence-corrected chi connectivity index (χ4v) is 4.70. The van der Waals surface area contributed by atoms with Crippen LogP contribution < -0.4 is 10.6 Å². The fraction of sp³-hybridized carbons (Fsp3) is 0.571. The lowest BCUT2D eigenvalue weighted by molar-refractivity contribution is -0.132. The van der Waals surface area contributed by atoms with Crippen LogP contribution >= 0.6 is 0 Å². The lowest BCUT2D eigenvalue weighted by Gasteiger charge is -2.30. The molecule has 2 amide bonds. The fourth-order valence-electron chi connectivity index (χ4n) is 4.70. The lowest BCUT2D eigenvalue weighted by atomic mass is 9.97. The third kappa shape index (κ3) is 9.39. The molecule has 0 unspecified atom stereocenters. The maximum Gasteiger partial charge on any atom is 0.253 e. The minimum absolute atomic E-state index is 0.0719. The topological polar surface area (TPSA) is 90.5 Å². The number of halogens is 1. The molecule has 37 heavy (non-hydrogen) atoms. The van der Waals surface area contributed by atoms with E-state index in [0.717, 1.165) is 63.9 Å². The number of carbonyl (C=O) groups excluding carboxylic acids is 2. The first-order valence-electron chi connectivity index (χ1n) is 13.5. The second-order valence-electron chi connectivity index (χ2n) is 9.65. The predicted molar refractivity (Wildman–Crippen MR) is 144 cm³/mol. The molecule has 9 heteroatoms. The Morgan fingerprint density at radius 3 is 2.49 bits per heavy atom. The minimum atomic E-state index is -0.344. The van der Waals surface area contributed by atoms with E-state index < -0.39 is 0 Å². The van der Waals surface area contributed by atoms with Gasteiger partial charge in [-0.25, -0.2) is 14.4 Å². The molecule has 0 spiro atoms. The van der Waals surface area contributed by atoms with E-state index in [1.165, 1.54) is 24.3 Å². The summed E-state index contributed by atoms with van der Waals surface area (Å²) in [6.07, 6.45) is 7.99. The van der Waals surface area contributed by atoms with Gasteiger partial charge in [0.2, 0.25) is 11.9 Å². The summed E-state index contributed by atoms with van der Waals surface area (Å²) in [5.41, 5.74) is 1.35. The van der Waals surface area contributed by atoms with Gasteiger partial charge in [0.15, 0.2) is 0 Å². The summed E-state index contributed by atoms with van der Waals surface area (Å²) in [7, 11) is 1.79. The molecule has 1 fully saturated rings. The average Bonchev–Trinajstić information content (AvgIpc) is 2.93. The molecule has 2 N–H and O–H groups in total. The molecule has 2 heterocycles. The van der Waals surface area contributed by atoms with Crippen LogP contribution in [-0.4, -0.2) is 71.4 Å². The average molecular weight is 513 g/mol. The molecule has 1 aliphatic heterocycles. The van der Waals surface area contributed by atoms with Crippen molar-refractivity contribution in [2.45, 2.75) is 58.4 Å². The SMILES string of the molecule is CCN(CCCCCCC(=O)N(Cc1ccnc(NC)n1)CC1CCNCC1)C(=O)c1ccc(F)cc1. The summed E-state index contributed by atoms with van der Waals surface area (Å²) in [4.78, 5) is 38.3. The van der Waals surface area contributed by atoms with Crippen molar-refractivity contribution in [1.82, 2.24) is 25.1 Å². The van der Waals surface area contributed by atoms with Crippen LogP contribution in [0.5, 0.6) is 0 Å². The highest BCUT2D eigenvalue weighted by atomic mass is 19.1. The Morgan fingerprint density at radius 2 is 1.78 bits per heavy atom. The Bertz CT molecular complexity index is 981. The van der Waals surface area contributed by atoms with Gasteiger partial charge in [0.1, 0.15) is 5.82 Å². The van der Waals surface area contributed by atoms with Crippen molar-refractivity contribution in [3.8, 4) is 0 Å². The quantitative estimate of drug-likeness (QED) is 0.371. The monoisotopic (exact) mass is 512 g/mol. The number of piperidine rings is 1. The zero-order valence-corrected chi connectivity index (χ0v) is 22.2. The maximum absolute atomic E-state index is 13.2. The molecule has 1 aromatic carbocycles. The number of carbonyl (C=O) groups is 2. The standard InChI is InChI=1S/C28H41FN6O2/c1-3-34(27(37)23-9-11-24(29)12-10-23)19-7-5-4-6-8-26(36)35(20-22-13-16-31-17-14-22)21-25-15-18-32-28(30-2)33-25/h9-12,15,18,22,31H,3-8,13-14,16-17,19-21H2,1-2H3,(H,30,32,33). The van der Waals surface area contributed by atoms with Crippen molar-refractivity contribution >= 4 is 17.8 Å². The number of nitrogens with one attached hydrogen (secondary N) is 2. The second-order valence-corrected chi connectivity index (χ2v) is 9.65. The summed E-state index contributed by atoms with van der Waals surface area (Å²) < 4.78 is 13.2. The first-order chi connectivity index (χ1) is 18.0. The predicted octanol–water partition coefficient (Wildman–Crippen LogP) is 4.10. The van der Waals surface area contributed by atoms with Crippen LogP contribution in [0.3, 0.4) is 0 Å². The first kappa shape index (κ1) is 28.5. The molecule has 202 valence electrons. The zero-order valence-electron chi connectivity index (χ0n) is 22.2. The number of hydrogen-bond acceptors (Lipinski definition) is 6. The van der Waals surface area contributed by atoms with Crippen molar-refractivity contribution in [3.05, 3.63) is 53.6 Å². The van der Waals surface area contributed by atoms with Crippen LogP contribution in [0.2, 0.25) is 0 Å². The van der Waals surface area contributed by atoms with E-state index in [9.17, 15) is 14.0 Å². The number of rotatable bonds is 14. The number of benzene rings is 1. The van der Waals surface area contributed by atoms with Crippen molar-refractivity contribution in [3.63, 3.8) is 0 Å². The molecule has 1 aliphatic rings. The number of unbranched alkanes of at least 4 members (excludes halogenated alkanes) is 3. The highest BCUT2D eigenvalue weighted by Gasteiger charge is 2.21. The molecule has 3 rings (SSSR count). The summed E-state index contributed by atoms with van der Waals surface area (Å²) in [5.74, 6) is 0.825. The van der Waals surface area contributed by atoms with Crippen molar-refractivity contribution in [2.75, 3.05) is 45.1 Å². The number of anilines is 1. The molecule has 2 aromatic rings.